The molecule has 0 aromatic heterocycles. The Hall–Kier alpha value is -1.03. The second-order valence-electron chi connectivity index (χ2n) is 6.10. The van der Waals surface area contributed by atoms with E-state index in [4.69, 9.17) is 0 Å². The monoisotopic (exact) mass is 283 g/mol. The molecule has 3 rings (SSSR count). The lowest BCUT2D eigenvalue weighted by molar-refractivity contribution is -0.182. The summed E-state index contributed by atoms with van der Waals surface area (Å²) in [4.78, 5) is 0. The van der Waals surface area contributed by atoms with Crippen LogP contribution < -0.4 is 5.32 Å². The zero-order valence-electron chi connectivity index (χ0n) is 11.4. The van der Waals surface area contributed by atoms with Crippen LogP contribution in [-0.2, 0) is 6.42 Å². The number of alkyl halides is 3. The molecule has 1 saturated carbocycles. The molecule has 110 valence electrons. The molecule has 2 aliphatic rings. The molecule has 0 bridgehead atoms. The molecule has 0 heterocycles. The summed E-state index contributed by atoms with van der Waals surface area (Å²) in [6, 6.07) is 8.69. The van der Waals surface area contributed by atoms with Gasteiger partial charge in [0, 0.05) is 18.5 Å². The highest BCUT2D eigenvalue weighted by Crippen LogP contribution is 2.38. The van der Waals surface area contributed by atoms with Crippen LogP contribution in [0.3, 0.4) is 0 Å². The quantitative estimate of drug-likeness (QED) is 0.883. The van der Waals surface area contributed by atoms with Gasteiger partial charge in [-0.15, -0.1) is 0 Å². The van der Waals surface area contributed by atoms with Gasteiger partial charge >= 0.3 is 6.18 Å². The van der Waals surface area contributed by atoms with Gasteiger partial charge in [-0.25, -0.2) is 0 Å². The molecule has 4 heteroatoms. The van der Waals surface area contributed by atoms with Crippen LogP contribution in [0.25, 0.3) is 0 Å². The largest absolute Gasteiger partial charge is 0.391 e. The molecule has 0 aliphatic heterocycles. The van der Waals surface area contributed by atoms with Gasteiger partial charge in [-0.1, -0.05) is 24.3 Å². The van der Waals surface area contributed by atoms with Crippen LogP contribution in [-0.4, -0.2) is 18.8 Å². The number of nitrogens with one attached hydrogen (secondary N) is 1. The van der Waals surface area contributed by atoms with Crippen molar-refractivity contribution in [2.75, 3.05) is 6.54 Å². The number of halogens is 3. The van der Waals surface area contributed by atoms with Crippen molar-refractivity contribution in [1.82, 2.24) is 5.32 Å². The molecule has 1 aromatic rings. The molecule has 1 aromatic carbocycles. The van der Waals surface area contributed by atoms with Gasteiger partial charge in [-0.2, -0.15) is 13.2 Å². The Morgan fingerprint density at radius 3 is 2.40 bits per heavy atom. The summed E-state index contributed by atoms with van der Waals surface area (Å²) >= 11 is 0. The molecule has 0 saturated heterocycles. The summed E-state index contributed by atoms with van der Waals surface area (Å²) in [6.45, 7) is 0.901. The first kappa shape index (κ1) is 13.9. The van der Waals surface area contributed by atoms with Crippen LogP contribution in [0.5, 0.6) is 0 Å². The van der Waals surface area contributed by atoms with Crippen molar-refractivity contribution in [2.45, 2.75) is 50.2 Å². The van der Waals surface area contributed by atoms with E-state index in [1.165, 1.54) is 11.1 Å². The fourth-order valence-corrected chi connectivity index (χ4v) is 3.48. The summed E-state index contributed by atoms with van der Waals surface area (Å²) in [5.41, 5.74) is 2.82. The number of fused-ring (bicyclic) bond motifs is 1. The number of rotatable bonds is 3. The van der Waals surface area contributed by atoms with Crippen molar-refractivity contribution in [3.8, 4) is 0 Å². The molecular formula is C16H20F3N. The smallest absolute Gasteiger partial charge is 0.313 e. The fraction of sp³-hybridized carbons (Fsp3) is 0.625. The number of hydrogen-bond donors (Lipinski definition) is 1. The summed E-state index contributed by atoms with van der Waals surface area (Å²) in [5, 5.41) is 3.47. The molecule has 1 atom stereocenters. The zero-order chi connectivity index (χ0) is 14.2. The topological polar surface area (TPSA) is 12.0 Å². The maximum absolute atomic E-state index is 12.6. The van der Waals surface area contributed by atoms with Gasteiger partial charge in [0.25, 0.3) is 0 Å². The van der Waals surface area contributed by atoms with E-state index in [2.05, 4.69) is 29.6 Å². The maximum atomic E-state index is 12.6. The third-order valence-electron chi connectivity index (χ3n) is 4.80. The van der Waals surface area contributed by atoms with E-state index in [1.54, 1.807) is 0 Å². The summed E-state index contributed by atoms with van der Waals surface area (Å²) in [7, 11) is 0. The van der Waals surface area contributed by atoms with E-state index in [-0.39, 0.29) is 18.9 Å². The Kier molecular flexibility index (Phi) is 3.76. The lowest BCUT2D eigenvalue weighted by atomic mass is 9.77. The van der Waals surface area contributed by atoms with Crippen molar-refractivity contribution in [3.05, 3.63) is 35.4 Å². The van der Waals surface area contributed by atoms with Crippen LogP contribution in [0, 0.1) is 5.92 Å². The highest BCUT2D eigenvalue weighted by molar-refractivity contribution is 5.40. The Morgan fingerprint density at radius 2 is 1.75 bits per heavy atom. The van der Waals surface area contributed by atoms with E-state index >= 15 is 0 Å². The summed E-state index contributed by atoms with van der Waals surface area (Å²) in [5.74, 6) is -0.531. The van der Waals surface area contributed by atoms with Crippen LogP contribution in [0.15, 0.2) is 24.3 Å². The highest BCUT2D eigenvalue weighted by atomic mass is 19.4. The fourth-order valence-electron chi connectivity index (χ4n) is 3.48. The molecule has 0 amide bonds. The molecule has 1 nitrogen and oxygen atoms in total. The minimum Gasteiger partial charge on any atom is -0.313 e. The van der Waals surface area contributed by atoms with Gasteiger partial charge in [0.15, 0.2) is 0 Å². The molecule has 1 unspecified atom stereocenters. The third kappa shape index (κ3) is 2.85. The average Bonchev–Trinajstić information content (AvgIpc) is 2.39. The molecular weight excluding hydrogens is 263 g/mol. The van der Waals surface area contributed by atoms with Gasteiger partial charge in [0.2, 0.25) is 0 Å². The molecule has 0 spiro atoms. The molecule has 1 N–H and O–H groups in total. The Balaban J connectivity index is 1.43. The Bertz CT molecular complexity index is 461. The van der Waals surface area contributed by atoms with Crippen LogP contribution in [0.4, 0.5) is 13.2 Å². The molecule has 0 radical (unpaired) electrons. The van der Waals surface area contributed by atoms with Crippen molar-refractivity contribution < 1.29 is 13.2 Å². The van der Waals surface area contributed by atoms with E-state index in [1.807, 2.05) is 0 Å². The number of benzene rings is 1. The Morgan fingerprint density at radius 1 is 1.05 bits per heavy atom. The standard InChI is InChI=1S/C16H20F3N/c17-16(18,19)13-5-7-14(8-6-13)20-10-12-9-11-3-1-2-4-15(11)12/h1-4,12-14,20H,5-10H2. The average molecular weight is 283 g/mol. The van der Waals surface area contributed by atoms with Gasteiger partial charge in [0.1, 0.15) is 0 Å². The predicted octanol–water partition coefficient (Wildman–Crippen LogP) is 4.04. The van der Waals surface area contributed by atoms with Gasteiger partial charge in [-0.05, 0) is 43.2 Å². The van der Waals surface area contributed by atoms with E-state index < -0.39 is 12.1 Å². The second kappa shape index (κ2) is 5.40. The minimum absolute atomic E-state index is 0.265. The first-order valence-corrected chi connectivity index (χ1v) is 7.42. The summed E-state index contributed by atoms with van der Waals surface area (Å²) < 4.78 is 37.8. The van der Waals surface area contributed by atoms with Crippen molar-refractivity contribution in [2.24, 2.45) is 5.92 Å². The van der Waals surface area contributed by atoms with Gasteiger partial charge < -0.3 is 5.32 Å². The van der Waals surface area contributed by atoms with Gasteiger partial charge in [0.05, 0.1) is 5.92 Å². The molecule has 20 heavy (non-hydrogen) atoms. The SMILES string of the molecule is FC(F)(F)C1CCC(NCC2Cc3ccccc32)CC1. The maximum Gasteiger partial charge on any atom is 0.391 e. The Labute approximate surface area is 117 Å². The molecule has 1 fully saturated rings. The normalized spacial score (nSPS) is 29.6. The van der Waals surface area contributed by atoms with Crippen LogP contribution in [0.2, 0.25) is 0 Å². The highest BCUT2D eigenvalue weighted by Gasteiger charge is 2.41. The van der Waals surface area contributed by atoms with Crippen molar-refractivity contribution in [1.29, 1.82) is 0 Å². The van der Waals surface area contributed by atoms with Crippen molar-refractivity contribution >= 4 is 0 Å². The lowest BCUT2D eigenvalue weighted by Crippen LogP contribution is -2.40. The second-order valence-corrected chi connectivity index (χ2v) is 6.10. The van der Waals surface area contributed by atoms with E-state index in [0.29, 0.717) is 18.8 Å². The minimum atomic E-state index is -4.00. The van der Waals surface area contributed by atoms with E-state index in [0.717, 1.165) is 13.0 Å². The van der Waals surface area contributed by atoms with Crippen molar-refractivity contribution in [3.63, 3.8) is 0 Å². The van der Waals surface area contributed by atoms with E-state index in [9.17, 15) is 13.2 Å². The number of hydrogen-bond acceptors (Lipinski definition) is 1. The van der Waals surface area contributed by atoms with Gasteiger partial charge in [-0.3, -0.25) is 0 Å². The lowest BCUT2D eigenvalue weighted by Gasteiger charge is -2.34. The predicted molar refractivity (Wildman–Crippen MR) is 72.7 cm³/mol. The summed E-state index contributed by atoms with van der Waals surface area (Å²) in [6.07, 6.45) is -1.04. The first-order chi connectivity index (χ1) is 9.54. The van der Waals surface area contributed by atoms with Crippen LogP contribution >= 0.6 is 0 Å². The van der Waals surface area contributed by atoms with Crippen LogP contribution in [0.1, 0.15) is 42.7 Å². The third-order valence-corrected chi connectivity index (χ3v) is 4.80. The molecule has 2 aliphatic carbocycles. The first-order valence-electron chi connectivity index (χ1n) is 7.42. The zero-order valence-corrected chi connectivity index (χ0v) is 11.4.